The molecule has 0 unspecified atom stereocenters. The number of hydrogen-bond donors (Lipinski definition) is 0. The van der Waals surface area contributed by atoms with E-state index in [1.54, 1.807) is 11.3 Å². The maximum absolute atomic E-state index is 12.4. The van der Waals surface area contributed by atoms with Crippen LogP contribution in [-0.4, -0.2) is 39.1 Å². The second kappa shape index (κ2) is 7.01. The molecule has 3 heterocycles. The van der Waals surface area contributed by atoms with Crippen LogP contribution in [0.25, 0.3) is 0 Å². The van der Waals surface area contributed by atoms with Crippen molar-refractivity contribution in [1.29, 1.82) is 0 Å². The van der Waals surface area contributed by atoms with E-state index in [4.69, 9.17) is 4.42 Å². The van der Waals surface area contributed by atoms with Gasteiger partial charge in [-0.15, -0.1) is 21.5 Å². The van der Waals surface area contributed by atoms with Gasteiger partial charge >= 0.3 is 0 Å². The lowest BCUT2D eigenvalue weighted by Crippen LogP contribution is -2.44. The van der Waals surface area contributed by atoms with Gasteiger partial charge in [0.1, 0.15) is 0 Å². The van der Waals surface area contributed by atoms with E-state index in [1.807, 2.05) is 30.3 Å². The van der Waals surface area contributed by atoms with Gasteiger partial charge in [-0.2, -0.15) is 0 Å². The molecule has 0 radical (unpaired) electrons. The molecular formula is C17H24N4O2S. The highest BCUT2D eigenvalue weighted by molar-refractivity contribution is 7.09. The molecule has 1 aliphatic heterocycles. The van der Waals surface area contributed by atoms with Crippen molar-refractivity contribution in [3.05, 3.63) is 28.4 Å². The molecule has 0 atom stereocenters. The highest BCUT2D eigenvalue weighted by atomic mass is 32.1. The number of rotatable bonds is 5. The minimum Gasteiger partial charge on any atom is -0.425 e. The molecule has 1 aliphatic rings. The number of carbonyl (C=O) groups excluding carboxylic acids is 1. The normalized spacial score (nSPS) is 17.4. The zero-order chi connectivity index (χ0) is 17.2. The van der Waals surface area contributed by atoms with Crippen LogP contribution in [0.15, 0.2) is 16.0 Å². The number of carbonyl (C=O) groups is 1. The molecule has 3 rings (SSSR count). The van der Waals surface area contributed by atoms with Crippen LogP contribution < -0.4 is 0 Å². The maximum Gasteiger partial charge on any atom is 0.223 e. The minimum absolute atomic E-state index is 0.101. The fraction of sp³-hybridized carbons (Fsp3) is 0.647. The van der Waals surface area contributed by atoms with Gasteiger partial charge in [0.05, 0.1) is 5.01 Å². The fourth-order valence-electron chi connectivity index (χ4n) is 2.96. The molecule has 0 spiro atoms. The third kappa shape index (κ3) is 3.66. The molecule has 6 nitrogen and oxygen atoms in total. The summed E-state index contributed by atoms with van der Waals surface area (Å²) in [6.07, 6.45) is 4.72. The molecule has 2 aromatic rings. The number of nitrogens with zero attached hydrogens (tertiary/aromatic N) is 4. The Bertz CT molecular complexity index is 673. The van der Waals surface area contributed by atoms with E-state index in [0.29, 0.717) is 24.6 Å². The number of likely N-dealkylation sites (tertiary alicyclic amines) is 1. The van der Waals surface area contributed by atoms with E-state index in [-0.39, 0.29) is 17.2 Å². The summed E-state index contributed by atoms with van der Waals surface area (Å²) in [7, 11) is 0. The Hall–Kier alpha value is -1.76. The van der Waals surface area contributed by atoms with Gasteiger partial charge in [0.2, 0.25) is 17.7 Å². The van der Waals surface area contributed by atoms with Crippen LogP contribution in [0.1, 0.15) is 62.7 Å². The first kappa shape index (κ1) is 17.1. The lowest BCUT2D eigenvalue weighted by Gasteiger charge is -2.38. The predicted molar refractivity (Wildman–Crippen MR) is 92.0 cm³/mol. The van der Waals surface area contributed by atoms with Crippen molar-refractivity contribution in [2.24, 2.45) is 0 Å². The Kier molecular flexibility index (Phi) is 4.99. The Morgan fingerprint density at radius 3 is 2.71 bits per heavy atom. The lowest BCUT2D eigenvalue weighted by molar-refractivity contribution is -0.132. The first-order valence-corrected chi connectivity index (χ1v) is 9.36. The van der Waals surface area contributed by atoms with Crippen molar-refractivity contribution in [3.8, 4) is 0 Å². The summed E-state index contributed by atoms with van der Waals surface area (Å²) >= 11 is 1.71. The lowest BCUT2D eigenvalue weighted by atomic mass is 9.81. The van der Waals surface area contributed by atoms with Crippen LogP contribution in [0.3, 0.4) is 0 Å². The monoisotopic (exact) mass is 348 g/mol. The van der Waals surface area contributed by atoms with Crippen molar-refractivity contribution < 1.29 is 9.21 Å². The van der Waals surface area contributed by atoms with Gasteiger partial charge in [-0.05, 0) is 12.8 Å². The van der Waals surface area contributed by atoms with Gasteiger partial charge in [-0.1, -0.05) is 20.8 Å². The van der Waals surface area contributed by atoms with Gasteiger partial charge in [0.15, 0.2) is 0 Å². The zero-order valence-electron chi connectivity index (χ0n) is 14.5. The van der Waals surface area contributed by atoms with Crippen molar-refractivity contribution in [1.82, 2.24) is 20.1 Å². The van der Waals surface area contributed by atoms with E-state index < -0.39 is 0 Å². The molecule has 0 saturated carbocycles. The topological polar surface area (TPSA) is 72.1 Å². The van der Waals surface area contributed by atoms with Crippen LogP contribution in [-0.2, 0) is 16.6 Å². The number of piperidine rings is 1. The highest BCUT2D eigenvalue weighted by Gasteiger charge is 2.35. The molecule has 1 fully saturated rings. The van der Waals surface area contributed by atoms with Crippen molar-refractivity contribution in [3.63, 3.8) is 0 Å². The third-order valence-electron chi connectivity index (χ3n) is 4.70. The van der Waals surface area contributed by atoms with Gasteiger partial charge < -0.3 is 9.32 Å². The first-order chi connectivity index (χ1) is 11.5. The molecule has 0 N–H and O–H groups in total. The third-order valence-corrected chi connectivity index (χ3v) is 5.78. The average Bonchev–Trinajstić information content (AvgIpc) is 3.25. The Morgan fingerprint density at radius 1 is 1.38 bits per heavy atom. The molecule has 1 saturated heterocycles. The number of aromatic nitrogens is 3. The number of thiazole rings is 1. The minimum atomic E-state index is 0.101. The van der Waals surface area contributed by atoms with E-state index in [0.717, 1.165) is 25.9 Å². The second-order valence-corrected chi connectivity index (χ2v) is 7.86. The molecule has 0 aliphatic carbocycles. The molecule has 2 aromatic heterocycles. The standard InChI is InChI=1S/C17H24N4O2S/c1-12(2)15-20-19-13(23-15)4-5-14(22)21-9-6-17(3,7-10-21)16-18-8-11-24-16/h8,11-12H,4-7,9-10H2,1-3H3. The van der Waals surface area contributed by atoms with Crippen LogP contribution in [0.2, 0.25) is 0 Å². The van der Waals surface area contributed by atoms with Crippen molar-refractivity contribution >= 4 is 17.2 Å². The summed E-state index contributed by atoms with van der Waals surface area (Å²) in [4.78, 5) is 18.8. The van der Waals surface area contributed by atoms with Crippen LogP contribution in [0.4, 0.5) is 0 Å². The quantitative estimate of drug-likeness (QED) is 0.830. The fourth-order valence-corrected chi connectivity index (χ4v) is 3.82. The smallest absolute Gasteiger partial charge is 0.223 e. The molecule has 0 aromatic carbocycles. The Labute approximate surface area is 146 Å². The summed E-state index contributed by atoms with van der Waals surface area (Å²) in [6.45, 7) is 7.84. The predicted octanol–water partition coefficient (Wildman–Crippen LogP) is 3.16. The largest absolute Gasteiger partial charge is 0.425 e. The highest BCUT2D eigenvalue weighted by Crippen LogP contribution is 2.36. The van der Waals surface area contributed by atoms with Crippen LogP contribution >= 0.6 is 11.3 Å². The summed E-state index contributed by atoms with van der Waals surface area (Å²) in [5, 5.41) is 11.2. The molecule has 24 heavy (non-hydrogen) atoms. The average molecular weight is 348 g/mol. The Morgan fingerprint density at radius 2 is 2.12 bits per heavy atom. The molecule has 7 heteroatoms. The van der Waals surface area contributed by atoms with Gasteiger partial charge in [-0.3, -0.25) is 4.79 Å². The van der Waals surface area contributed by atoms with E-state index in [2.05, 4.69) is 22.1 Å². The van der Waals surface area contributed by atoms with E-state index in [9.17, 15) is 4.79 Å². The Balaban J connectivity index is 1.50. The molecule has 1 amide bonds. The van der Waals surface area contributed by atoms with Crippen molar-refractivity contribution in [2.75, 3.05) is 13.1 Å². The van der Waals surface area contributed by atoms with Crippen molar-refractivity contribution in [2.45, 2.75) is 57.8 Å². The van der Waals surface area contributed by atoms with E-state index in [1.165, 1.54) is 5.01 Å². The first-order valence-electron chi connectivity index (χ1n) is 8.48. The van der Waals surface area contributed by atoms with Gasteiger partial charge in [0.25, 0.3) is 0 Å². The summed E-state index contributed by atoms with van der Waals surface area (Å²) in [5.41, 5.74) is 0.101. The summed E-state index contributed by atoms with van der Waals surface area (Å²) in [5.74, 6) is 1.57. The van der Waals surface area contributed by atoms with Gasteiger partial charge in [0, 0.05) is 48.8 Å². The number of amides is 1. The second-order valence-electron chi connectivity index (χ2n) is 6.97. The van der Waals surface area contributed by atoms with Crippen LogP contribution in [0, 0.1) is 0 Å². The SMILES string of the molecule is CC(C)c1nnc(CCC(=O)N2CCC(C)(c3nccs3)CC2)o1. The van der Waals surface area contributed by atoms with Crippen LogP contribution in [0.5, 0.6) is 0 Å². The van der Waals surface area contributed by atoms with E-state index >= 15 is 0 Å². The number of hydrogen-bond acceptors (Lipinski definition) is 6. The van der Waals surface area contributed by atoms with Gasteiger partial charge in [-0.25, -0.2) is 4.98 Å². The maximum atomic E-state index is 12.4. The summed E-state index contributed by atoms with van der Waals surface area (Å²) < 4.78 is 5.57. The summed E-state index contributed by atoms with van der Waals surface area (Å²) in [6, 6.07) is 0. The molecular weight excluding hydrogens is 324 g/mol. The molecule has 0 bridgehead atoms. The molecule has 130 valence electrons. The number of aryl methyl sites for hydroxylation is 1. The zero-order valence-corrected chi connectivity index (χ0v) is 15.3.